The van der Waals surface area contributed by atoms with Crippen LogP contribution >= 0.6 is 11.8 Å². The molecule has 3 nitrogen and oxygen atoms in total. The third kappa shape index (κ3) is 8.30. The predicted molar refractivity (Wildman–Crippen MR) is 73.5 cm³/mol. The van der Waals surface area contributed by atoms with Crippen molar-refractivity contribution in [1.29, 1.82) is 0 Å². The molecule has 0 amide bonds. The minimum Gasteiger partial charge on any atom is -0.467 e. The van der Waals surface area contributed by atoms with Crippen LogP contribution in [-0.2, 0) is 11.3 Å². The summed E-state index contributed by atoms with van der Waals surface area (Å²) >= 11 is 1.92. The maximum absolute atomic E-state index is 5.49. The van der Waals surface area contributed by atoms with E-state index in [0.29, 0.717) is 6.61 Å². The highest BCUT2D eigenvalue weighted by Gasteiger charge is 1.95. The topological polar surface area (TPSA) is 34.4 Å². The van der Waals surface area contributed by atoms with Crippen LogP contribution in [0.15, 0.2) is 22.8 Å². The van der Waals surface area contributed by atoms with Crippen LogP contribution in [-0.4, -0.2) is 31.7 Å². The van der Waals surface area contributed by atoms with Gasteiger partial charge in [0.15, 0.2) is 0 Å². The smallest absolute Gasteiger partial charge is 0.129 e. The number of nitrogens with one attached hydrogen (secondary N) is 1. The van der Waals surface area contributed by atoms with Crippen LogP contribution in [0.3, 0.4) is 0 Å². The first-order chi connectivity index (χ1) is 8.43. The van der Waals surface area contributed by atoms with Crippen LogP contribution in [0.5, 0.6) is 0 Å². The SMILES string of the molecule is CSCCCCNCCCOCc1ccco1. The Labute approximate surface area is 108 Å². The van der Waals surface area contributed by atoms with Gasteiger partial charge in [0.25, 0.3) is 0 Å². The van der Waals surface area contributed by atoms with E-state index in [-0.39, 0.29) is 0 Å². The van der Waals surface area contributed by atoms with Crippen molar-refractivity contribution >= 4 is 11.8 Å². The average molecular weight is 257 g/mol. The molecule has 17 heavy (non-hydrogen) atoms. The molecule has 0 spiro atoms. The maximum Gasteiger partial charge on any atom is 0.129 e. The molecule has 0 aromatic carbocycles. The molecule has 0 bridgehead atoms. The van der Waals surface area contributed by atoms with Gasteiger partial charge in [-0.1, -0.05) is 0 Å². The largest absolute Gasteiger partial charge is 0.467 e. The zero-order valence-electron chi connectivity index (χ0n) is 10.6. The molecule has 0 atom stereocenters. The Bertz CT molecular complexity index is 252. The van der Waals surface area contributed by atoms with Gasteiger partial charge in [-0.2, -0.15) is 11.8 Å². The van der Waals surface area contributed by atoms with Crippen molar-refractivity contribution in [2.75, 3.05) is 31.7 Å². The molecular formula is C13H23NO2S. The van der Waals surface area contributed by atoms with Crippen molar-refractivity contribution in [1.82, 2.24) is 5.32 Å². The molecule has 0 aliphatic rings. The molecule has 4 heteroatoms. The second-order valence-electron chi connectivity index (χ2n) is 3.94. The lowest BCUT2D eigenvalue weighted by Crippen LogP contribution is -2.18. The summed E-state index contributed by atoms with van der Waals surface area (Å²) in [6.45, 7) is 3.54. The van der Waals surface area contributed by atoms with E-state index >= 15 is 0 Å². The summed E-state index contributed by atoms with van der Waals surface area (Å²) in [7, 11) is 0. The van der Waals surface area contributed by atoms with Crippen molar-refractivity contribution in [2.45, 2.75) is 25.9 Å². The van der Waals surface area contributed by atoms with Crippen molar-refractivity contribution in [3.8, 4) is 0 Å². The van der Waals surface area contributed by atoms with Gasteiger partial charge in [0.05, 0.1) is 6.26 Å². The Hall–Kier alpha value is -0.450. The van der Waals surface area contributed by atoms with Gasteiger partial charge in [-0.15, -0.1) is 0 Å². The van der Waals surface area contributed by atoms with Crippen molar-refractivity contribution < 1.29 is 9.15 Å². The molecule has 1 heterocycles. The number of furan rings is 1. The Morgan fingerprint density at radius 2 is 2.18 bits per heavy atom. The molecule has 0 radical (unpaired) electrons. The molecule has 1 aromatic rings. The molecule has 1 aromatic heterocycles. The van der Waals surface area contributed by atoms with E-state index in [1.807, 2.05) is 23.9 Å². The first-order valence-corrected chi connectivity index (χ1v) is 7.62. The summed E-state index contributed by atoms with van der Waals surface area (Å²) in [5, 5.41) is 3.43. The normalized spacial score (nSPS) is 10.9. The number of thioether (sulfide) groups is 1. The summed E-state index contributed by atoms with van der Waals surface area (Å²) in [6.07, 6.45) is 7.47. The first-order valence-electron chi connectivity index (χ1n) is 6.23. The van der Waals surface area contributed by atoms with Gasteiger partial charge in [-0.25, -0.2) is 0 Å². The zero-order chi connectivity index (χ0) is 12.2. The molecule has 1 N–H and O–H groups in total. The third-order valence-electron chi connectivity index (χ3n) is 2.42. The number of unbranched alkanes of at least 4 members (excludes halogenated alkanes) is 1. The van der Waals surface area contributed by atoms with E-state index in [0.717, 1.165) is 31.9 Å². The van der Waals surface area contributed by atoms with Gasteiger partial charge in [-0.3, -0.25) is 0 Å². The lowest BCUT2D eigenvalue weighted by Gasteiger charge is -2.04. The molecule has 0 saturated carbocycles. The number of hydrogen-bond donors (Lipinski definition) is 1. The van der Waals surface area contributed by atoms with Crippen molar-refractivity contribution in [3.05, 3.63) is 24.2 Å². The van der Waals surface area contributed by atoms with E-state index < -0.39 is 0 Å². The van der Waals surface area contributed by atoms with Crippen LogP contribution in [0.2, 0.25) is 0 Å². The zero-order valence-corrected chi connectivity index (χ0v) is 11.4. The van der Waals surface area contributed by atoms with Crippen LogP contribution in [0, 0.1) is 0 Å². The Morgan fingerprint density at radius 1 is 1.29 bits per heavy atom. The fourth-order valence-electron chi connectivity index (χ4n) is 1.49. The lowest BCUT2D eigenvalue weighted by molar-refractivity contribution is 0.104. The van der Waals surface area contributed by atoms with Gasteiger partial charge in [0.1, 0.15) is 12.4 Å². The van der Waals surface area contributed by atoms with Gasteiger partial charge >= 0.3 is 0 Å². The fraction of sp³-hybridized carbons (Fsp3) is 0.692. The maximum atomic E-state index is 5.49. The van der Waals surface area contributed by atoms with E-state index in [2.05, 4.69) is 11.6 Å². The fourth-order valence-corrected chi connectivity index (χ4v) is 1.98. The second-order valence-corrected chi connectivity index (χ2v) is 4.92. The van der Waals surface area contributed by atoms with Gasteiger partial charge in [0, 0.05) is 6.61 Å². The summed E-state index contributed by atoms with van der Waals surface area (Å²) in [5.41, 5.74) is 0. The molecular weight excluding hydrogens is 234 g/mol. The highest BCUT2D eigenvalue weighted by atomic mass is 32.2. The standard InChI is InChI=1S/C13H23NO2S/c1-17-11-3-2-7-14-8-5-9-15-12-13-6-4-10-16-13/h4,6,10,14H,2-3,5,7-9,11-12H2,1H3. The van der Waals surface area contributed by atoms with Gasteiger partial charge in [-0.05, 0) is 56.5 Å². The Kier molecular flexibility index (Phi) is 9.19. The van der Waals surface area contributed by atoms with E-state index in [1.165, 1.54) is 18.6 Å². The monoisotopic (exact) mass is 257 g/mol. The predicted octanol–water partition coefficient (Wildman–Crippen LogP) is 2.92. The molecule has 0 fully saturated rings. The lowest BCUT2D eigenvalue weighted by atomic mass is 10.3. The molecule has 0 aliphatic heterocycles. The molecule has 0 saturated heterocycles. The van der Waals surface area contributed by atoms with Crippen LogP contribution < -0.4 is 5.32 Å². The molecule has 1 rings (SSSR count). The third-order valence-corrected chi connectivity index (χ3v) is 3.12. The summed E-state index contributed by atoms with van der Waals surface area (Å²) in [4.78, 5) is 0. The number of ether oxygens (including phenoxy) is 1. The molecule has 0 aliphatic carbocycles. The van der Waals surface area contributed by atoms with Gasteiger partial charge in [0.2, 0.25) is 0 Å². The van der Waals surface area contributed by atoms with E-state index in [1.54, 1.807) is 6.26 Å². The van der Waals surface area contributed by atoms with Crippen molar-refractivity contribution in [3.63, 3.8) is 0 Å². The van der Waals surface area contributed by atoms with E-state index in [9.17, 15) is 0 Å². The van der Waals surface area contributed by atoms with Crippen LogP contribution in [0.1, 0.15) is 25.0 Å². The van der Waals surface area contributed by atoms with Crippen LogP contribution in [0.4, 0.5) is 0 Å². The first kappa shape index (κ1) is 14.6. The van der Waals surface area contributed by atoms with E-state index in [4.69, 9.17) is 9.15 Å². The summed E-state index contributed by atoms with van der Waals surface area (Å²) < 4.78 is 10.7. The van der Waals surface area contributed by atoms with Crippen molar-refractivity contribution in [2.24, 2.45) is 0 Å². The summed E-state index contributed by atoms with van der Waals surface area (Å²) in [6, 6.07) is 3.82. The number of hydrogen-bond acceptors (Lipinski definition) is 4. The Balaban J connectivity index is 1.76. The average Bonchev–Trinajstić information content (AvgIpc) is 2.85. The minimum atomic E-state index is 0.584. The molecule has 98 valence electrons. The highest BCUT2D eigenvalue weighted by molar-refractivity contribution is 7.98. The van der Waals surface area contributed by atoms with Gasteiger partial charge < -0.3 is 14.5 Å². The second kappa shape index (κ2) is 10.7. The quantitative estimate of drug-likeness (QED) is 0.618. The number of rotatable bonds is 11. The highest BCUT2D eigenvalue weighted by Crippen LogP contribution is 2.01. The molecule has 0 unspecified atom stereocenters. The minimum absolute atomic E-state index is 0.584. The Morgan fingerprint density at radius 3 is 2.94 bits per heavy atom. The van der Waals surface area contributed by atoms with Crippen LogP contribution in [0.25, 0.3) is 0 Å². The summed E-state index contributed by atoms with van der Waals surface area (Å²) in [5.74, 6) is 2.17.